The number of fused-ring (bicyclic) bond motifs is 2. The zero-order chi connectivity index (χ0) is 13.1. The molecule has 1 saturated carbocycles. The number of hydrogen-bond acceptors (Lipinski definition) is 1. The molecule has 2 rings (SSSR count). The molecule has 1 nitrogen and oxygen atoms in total. The number of aliphatic hydroxyl groups excluding tert-OH is 1. The maximum absolute atomic E-state index is 10.7. The average Bonchev–Trinajstić information content (AvgIpc) is 2.65. The predicted molar refractivity (Wildman–Crippen MR) is 77.4 cm³/mol. The number of hydrogen-bond donors (Lipinski definition) is 1. The quantitative estimate of drug-likeness (QED) is 0.673. The summed E-state index contributed by atoms with van der Waals surface area (Å²) in [5.41, 5.74) is 5.20. The molecule has 0 aromatic heterocycles. The highest BCUT2D eigenvalue weighted by Gasteiger charge is 2.27. The molecule has 2 bridgehead atoms. The van der Waals surface area contributed by atoms with Gasteiger partial charge in [-0.25, -0.2) is 0 Å². The third kappa shape index (κ3) is 2.95. The second-order valence-corrected chi connectivity index (χ2v) is 6.04. The van der Waals surface area contributed by atoms with Crippen molar-refractivity contribution in [3.05, 3.63) is 34.9 Å². The molecule has 2 atom stereocenters. The molecule has 1 fully saturated rings. The van der Waals surface area contributed by atoms with Gasteiger partial charge in [-0.1, -0.05) is 43.1 Å². The van der Waals surface area contributed by atoms with E-state index in [0.29, 0.717) is 0 Å². The van der Waals surface area contributed by atoms with Gasteiger partial charge in [0.2, 0.25) is 0 Å². The molecular formula is C17H26O. The lowest BCUT2D eigenvalue weighted by Crippen LogP contribution is -2.24. The molecule has 0 unspecified atom stereocenters. The highest BCUT2D eigenvalue weighted by atomic mass is 16.3. The summed E-state index contributed by atoms with van der Waals surface area (Å²) < 4.78 is 0. The van der Waals surface area contributed by atoms with E-state index in [1.165, 1.54) is 48.8 Å². The minimum absolute atomic E-state index is 0.251. The molecule has 2 aliphatic carbocycles. The van der Waals surface area contributed by atoms with E-state index in [1.807, 2.05) is 0 Å². The van der Waals surface area contributed by atoms with Crippen molar-refractivity contribution in [1.29, 1.82) is 0 Å². The minimum atomic E-state index is -0.311. The molecular weight excluding hydrogens is 220 g/mol. The molecule has 0 spiro atoms. The van der Waals surface area contributed by atoms with Crippen molar-refractivity contribution < 1.29 is 5.11 Å². The van der Waals surface area contributed by atoms with Crippen LogP contribution in [-0.2, 0) is 0 Å². The standard InChI is InChI=1S/C17H26O/c1-12(2)15-9-7-5-4-6-8-14-10-13(3)16(11-14)17(15)18/h10,15,17-18H,1,4-9,11H2,2-3H3/t15-,17-/m0/s1. The predicted octanol–water partition coefficient (Wildman–Crippen LogP) is 4.54. The van der Waals surface area contributed by atoms with E-state index in [2.05, 4.69) is 26.5 Å². The van der Waals surface area contributed by atoms with Gasteiger partial charge in [0.25, 0.3) is 0 Å². The third-order valence-electron chi connectivity index (χ3n) is 4.48. The van der Waals surface area contributed by atoms with Crippen molar-refractivity contribution in [1.82, 2.24) is 0 Å². The van der Waals surface area contributed by atoms with E-state index in [1.54, 1.807) is 0 Å². The molecule has 0 amide bonds. The van der Waals surface area contributed by atoms with Crippen LogP contribution in [0.2, 0.25) is 0 Å². The maximum atomic E-state index is 10.7. The van der Waals surface area contributed by atoms with Crippen molar-refractivity contribution in [2.45, 2.75) is 64.9 Å². The van der Waals surface area contributed by atoms with Gasteiger partial charge < -0.3 is 5.11 Å². The molecule has 1 N–H and O–H groups in total. The van der Waals surface area contributed by atoms with E-state index < -0.39 is 0 Å². The lowest BCUT2D eigenvalue weighted by Gasteiger charge is -2.25. The highest BCUT2D eigenvalue weighted by molar-refractivity contribution is 5.40. The van der Waals surface area contributed by atoms with Crippen LogP contribution in [0, 0.1) is 5.92 Å². The molecule has 0 saturated heterocycles. The first kappa shape index (κ1) is 13.6. The normalized spacial score (nSPS) is 29.8. The number of allylic oxidation sites excluding steroid dienone is 3. The van der Waals surface area contributed by atoms with Gasteiger partial charge in [0.15, 0.2) is 0 Å². The van der Waals surface area contributed by atoms with E-state index in [0.717, 1.165) is 18.4 Å². The van der Waals surface area contributed by atoms with Crippen molar-refractivity contribution in [3.63, 3.8) is 0 Å². The van der Waals surface area contributed by atoms with E-state index >= 15 is 0 Å². The Bertz CT molecular complexity index is 386. The summed E-state index contributed by atoms with van der Waals surface area (Å²) in [6.45, 7) is 8.29. The average molecular weight is 246 g/mol. The van der Waals surface area contributed by atoms with Crippen molar-refractivity contribution in [2.75, 3.05) is 0 Å². The van der Waals surface area contributed by atoms with Crippen molar-refractivity contribution >= 4 is 0 Å². The van der Waals surface area contributed by atoms with Crippen LogP contribution < -0.4 is 0 Å². The number of rotatable bonds is 1. The van der Waals surface area contributed by atoms with Crippen molar-refractivity contribution in [3.8, 4) is 0 Å². The monoisotopic (exact) mass is 246 g/mol. The Morgan fingerprint density at radius 3 is 2.72 bits per heavy atom. The molecule has 0 aromatic carbocycles. The lowest BCUT2D eigenvalue weighted by atomic mass is 9.84. The Balaban J connectivity index is 2.20. The van der Waals surface area contributed by atoms with Crippen molar-refractivity contribution in [2.24, 2.45) is 5.92 Å². The fraction of sp³-hybridized carbons (Fsp3) is 0.647. The first-order chi connectivity index (χ1) is 8.59. The van der Waals surface area contributed by atoms with Gasteiger partial charge in [-0.3, -0.25) is 0 Å². The summed E-state index contributed by atoms with van der Waals surface area (Å²) in [5.74, 6) is 0.251. The van der Waals surface area contributed by atoms with Gasteiger partial charge in [0.1, 0.15) is 0 Å². The van der Waals surface area contributed by atoms with E-state index in [4.69, 9.17) is 0 Å². The largest absolute Gasteiger partial charge is 0.388 e. The number of aliphatic hydroxyl groups is 1. The van der Waals surface area contributed by atoms with Crippen LogP contribution in [0.25, 0.3) is 0 Å². The van der Waals surface area contributed by atoms with Crippen LogP contribution in [-0.4, -0.2) is 11.2 Å². The highest BCUT2D eigenvalue weighted by Crippen LogP contribution is 2.36. The fourth-order valence-electron chi connectivity index (χ4n) is 3.32. The second-order valence-electron chi connectivity index (χ2n) is 6.04. The Morgan fingerprint density at radius 2 is 2.00 bits per heavy atom. The lowest BCUT2D eigenvalue weighted by molar-refractivity contribution is 0.150. The molecule has 18 heavy (non-hydrogen) atoms. The van der Waals surface area contributed by atoms with Gasteiger partial charge in [0, 0.05) is 5.92 Å². The Kier molecular flexibility index (Phi) is 4.45. The van der Waals surface area contributed by atoms with Gasteiger partial charge >= 0.3 is 0 Å². The summed E-state index contributed by atoms with van der Waals surface area (Å²) in [6.07, 6.45) is 10.4. The van der Waals surface area contributed by atoms with Gasteiger partial charge in [0.05, 0.1) is 6.10 Å². The van der Waals surface area contributed by atoms with Crippen LogP contribution >= 0.6 is 0 Å². The Hall–Kier alpha value is -0.820. The molecule has 0 aliphatic heterocycles. The smallest absolute Gasteiger partial charge is 0.0823 e. The summed E-state index contributed by atoms with van der Waals surface area (Å²) >= 11 is 0. The van der Waals surface area contributed by atoms with E-state index in [9.17, 15) is 5.11 Å². The summed E-state index contributed by atoms with van der Waals surface area (Å²) in [4.78, 5) is 0. The van der Waals surface area contributed by atoms with Crippen LogP contribution in [0.3, 0.4) is 0 Å². The van der Waals surface area contributed by atoms with Crippen LogP contribution in [0.5, 0.6) is 0 Å². The first-order valence-electron chi connectivity index (χ1n) is 7.32. The van der Waals surface area contributed by atoms with Crippen LogP contribution in [0.1, 0.15) is 58.8 Å². The molecule has 1 heteroatoms. The minimum Gasteiger partial charge on any atom is -0.388 e. The molecule has 0 aromatic rings. The second kappa shape index (κ2) is 5.88. The van der Waals surface area contributed by atoms with E-state index in [-0.39, 0.29) is 12.0 Å². The third-order valence-corrected chi connectivity index (χ3v) is 4.48. The molecule has 0 radical (unpaired) electrons. The zero-order valence-corrected chi connectivity index (χ0v) is 11.8. The van der Waals surface area contributed by atoms with Crippen LogP contribution in [0.4, 0.5) is 0 Å². The summed E-state index contributed by atoms with van der Waals surface area (Å²) in [5, 5.41) is 10.7. The maximum Gasteiger partial charge on any atom is 0.0823 e. The van der Waals surface area contributed by atoms with Crippen LogP contribution in [0.15, 0.2) is 34.9 Å². The Morgan fingerprint density at radius 1 is 1.28 bits per heavy atom. The topological polar surface area (TPSA) is 20.2 Å². The van der Waals surface area contributed by atoms with Gasteiger partial charge in [-0.2, -0.15) is 0 Å². The molecule has 0 heterocycles. The van der Waals surface area contributed by atoms with Gasteiger partial charge in [-0.05, 0) is 50.7 Å². The summed E-state index contributed by atoms with van der Waals surface area (Å²) in [7, 11) is 0. The fourth-order valence-corrected chi connectivity index (χ4v) is 3.32. The molecule has 100 valence electrons. The SMILES string of the molecule is C=C(C)[C@@H]1CCCCCCC2=CC(C)=C(C2)[C@H]1O. The molecule has 2 aliphatic rings. The van der Waals surface area contributed by atoms with Gasteiger partial charge in [-0.15, -0.1) is 0 Å². The Labute approximate surface area is 111 Å². The zero-order valence-electron chi connectivity index (χ0n) is 11.8. The summed E-state index contributed by atoms with van der Waals surface area (Å²) in [6, 6.07) is 0. The first-order valence-corrected chi connectivity index (χ1v) is 7.32.